The predicted octanol–water partition coefficient (Wildman–Crippen LogP) is 0.496. The Labute approximate surface area is 48.3 Å². The molecule has 0 aromatic carbocycles. The maximum absolute atomic E-state index is 9.96. The van der Waals surface area contributed by atoms with Crippen molar-refractivity contribution in [1.82, 2.24) is 0 Å². The Balaban J connectivity index is 3.32. The second-order valence-electron chi connectivity index (χ2n) is 1.44. The minimum absolute atomic E-state index is 0.452. The quantitative estimate of drug-likeness (QED) is 0.586. The minimum atomic E-state index is -0.910. The van der Waals surface area contributed by atoms with E-state index in [9.17, 15) is 4.79 Å². The molecule has 0 aliphatic heterocycles. The summed E-state index contributed by atoms with van der Waals surface area (Å²) in [5, 5.41) is 8.19. The largest absolute Gasteiger partial charge is 0.479 e. The first-order valence-corrected chi connectivity index (χ1v) is 2.53. The summed E-state index contributed by atoms with van der Waals surface area (Å²) < 4.78 is 4.70. The van der Waals surface area contributed by atoms with Gasteiger partial charge in [0.05, 0.1) is 0 Å². The highest BCUT2D eigenvalue weighted by atomic mass is 16.5. The lowest BCUT2D eigenvalue weighted by atomic mass is 10.4. The van der Waals surface area contributed by atoms with Crippen LogP contribution in [-0.4, -0.2) is 23.8 Å². The Kier molecular flexibility index (Phi) is 3.19. The summed E-state index contributed by atoms with van der Waals surface area (Å²) in [6.07, 6.45) is -0.667. The molecule has 0 saturated carbocycles. The molecule has 0 fully saturated rings. The van der Waals surface area contributed by atoms with Gasteiger partial charge in [0.25, 0.3) is 0 Å². The highest BCUT2D eigenvalue weighted by Crippen LogP contribution is 1.87. The SMILES string of the molecule is CCO[C@@H](C)C(=O)O. The second kappa shape index (κ2) is 3.43. The van der Waals surface area contributed by atoms with Gasteiger partial charge in [0.1, 0.15) is 0 Å². The lowest BCUT2D eigenvalue weighted by molar-refractivity contribution is -0.148. The fourth-order valence-corrected chi connectivity index (χ4v) is 0.321. The monoisotopic (exact) mass is 118 g/mol. The van der Waals surface area contributed by atoms with Crippen molar-refractivity contribution in [2.24, 2.45) is 0 Å². The van der Waals surface area contributed by atoms with Crippen molar-refractivity contribution in [2.45, 2.75) is 20.0 Å². The van der Waals surface area contributed by atoms with E-state index >= 15 is 0 Å². The third-order valence-corrected chi connectivity index (χ3v) is 0.764. The van der Waals surface area contributed by atoms with Gasteiger partial charge in [-0.2, -0.15) is 0 Å². The van der Waals surface area contributed by atoms with Crippen LogP contribution in [0.25, 0.3) is 0 Å². The molecule has 0 unspecified atom stereocenters. The van der Waals surface area contributed by atoms with Crippen LogP contribution in [0.15, 0.2) is 0 Å². The number of ether oxygens (including phenoxy) is 1. The number of hydrogen-bond acceptors (Lipinski definition) is 2. The van der Waals surface area contributed by atoms with Gasteiger partial charge in [-0.3, -0.25) is 0 Å². The van der Waals surface area contributed by atoms with Crippen LogP contribution in [0, 0.1) is 0 Å². The predicted molar refractivity (Wildman–Crippen MR) is 28.7 cm³/mol. The van der Waals surface area contributed by atoms with E-state index in [0.717, 1.165) is 0 Å². The molecule has 0 spiro atoms. The van der Waals surface area contributed by atoms with Gasteiger partial charge in [0, 0.05) is 6.61 Å². The van der Waals surface area contributed by atoms with Crippen LogP contribution in [0.2, 0.25) is 0 Å². The van der Waals surface area contributed by atoms with Gasteiger partial charge in [0.2, 0.25) is 0 Å². The molecule has 0 rings (SSSR count). The average molecular weight is 118 g/mol. The highest BCUT2D eigenvalue weighted by Gasteiger charge is 2.07. The lowest BCUT2D eigenvalue weighted by Crippen LogP contribution is -2.19. The Hall–Kier alpha value is -0.570. The van der Waals surface area contributed by atoms with Gasteiger partial charge in [-0.15, -0.1) is 0 Å². The van der Waals surface area contributed by atoms with Gasteiger partial charge < -0.3 is 9.84 Å². The van der Waals surface area contributed by atoms with Gasteiger partial charge in [-0.25, -0.2) is 4.79 Å². The maximum Gasteiger partial charge on any atom is 0.332 e. The molecule has 0 aromatic rings. The zero-order chi connectivity index (χ0) is 6.57. The van der Waals surface area contributed by atoms with Crippen molar-refractivity contribution in [3.63, 3.8) is 0 Å². The third kappa shape index (κ3) is 2.58. The van der Waals surface area contributed by atoms with Gasteiger partial charge in [-0.05, 0) is 13.8 Å². The van der Waals surface area contributed by atoms with Crippen LogP contribution in [0.1, 0.15) is 13.8 Å². The van der Waals surface area contributed by atoms with Gasteiger partial charge >= 0.3 is 5.97 Å². The molecule has 0 bridgehead atoms. The number of carbonyl (C=O) groups is 1. The lowest BCUT2D eigenvalue weighted by Gasteiger charge is -2.03. The van der Waals surface area contributed by atoms with Crippen LogP contribution < -0.4 is 0 Å². The minimum Gasteiger partial charge on any atom is -0.479 e. The van der Waals surface area contributed by atoms with E-state index in [1.807, 2.05) is 0 Å². The second-order valence-corrected chi connectivity index (χ2v) is 1.44. The molecule has 0 aliphatic carbocycles. The summed E-state index contributed by atoms with van der Waals surface area (Å²) in [5.41, 5.74) is 0. The van der Waals surface area contributed by atoms with Crippen molar-refractivity contribution in [3.8, 4) is 0 Å². The highest BCUT2D eigenvalue weighted by molar-refractivity contribution is 5.71. The van der Waals surface area contributed by atoms with Crippen molar-refractivity contribution in [3.05, 3.63) is 0 Å². The molecular weight excluding hydrogens is 108 g/mol. The summed E-state index contributed by atoms with van der Waals surface area (Å²) in [5.74, 6) is -0.910. The van der Waals surface area contributed by atoms with E-state index in [2.05, 4.69) is 0 Å². The van der Waals surface area contributed by atoms with E-state index < -0.39 is 12.1 Å². The average Bonchev–Trinajstić information content (AvgIpc) is 1.67. The Bertz CT molecular complexity index is 79.7. The fourth-order valence-electron chi connectivity index (χ4n) is 0.321. The van der Waals surface area contributed by atoms with Crippen LogP contribution in [-0.2, 0) is 9.53 Å². The zero-order valence-corrected chi connectivity index (χ0v) is 5.05. The molecule has 8 heavy (non-hydrogen) atoms. The first-order chi connectivity index (χ1) is 3.68. The number of hydrogen-bond donors (Lipinski definition) is 1. The van der Waals surface area contributed by atoms with E-state index in [1.165, 1.54) is 6.92 Å². The molecule has 48 valence electrons. The van der Waals surface area contributed by atoms with Crippen LogP contribution in [0.3, 0.4) is 0 Å². The molecular formula is C5H10O3. The van der Waals surface area contributed by atoms with E-state index in [-0.39, 0.29) is 0 Å². The van der Waals surface area contributed by atoms with E-state index in [1.54, 1.807) is 6.92 Å². The van der Waals surface area contributed by atoms with E-state index in [4.69, 9.17) is 9.84 Å². The molecule has 0 radical (unpaired) electrons. The Morgan fingerprint density at radius 2 is 2.38 bits per heavy atom. The van der Waals surface area contributed by atoms with Crippen LogP contribution in [0.5, 0.6) is 0 Å². The zero-order valence-electron chi connectivity index (χ0n) is 5.05. The van der Waals surface area contributed by atoms with E-state index in [0.29, 0.717) is 6.61 Å². The summed E-state index contributed by atoms with van der Waals surface area (Å²) in [7, 11) is 0. The van der Waals surface area contributed by atoms with Crippen molar-refractivity contribution in [1.29, 1.82) is 0 Å². The first kappa shape index (κ1) is 7.43. The molecule has 0 aromatic heterocycles. The summed E-state index contributed by atoms with van der Waals surface area (Å²) in [4.78, 5) is 9.96. The normalized spacial score (nSPS) is 13.2. The summed E-state index contributed by atoms with van der Waals surface area (Å²) in [6.45, 7) is 3.72. The molecule has 0 aliphatic rings. The molecule has 3 nitrogen and oxygen atoms in total. The van der Waals surface area contributed by atoms with Crippen molar-refractivity contribution >= 4 is 5.97 Å². The van der Waals surface area contributed by atoms with Gasteiger partial charge in [-0.1, -0.05) is 0 Å². The number of carboxylic acids is 1. The van der Waals surface area contributed by atoms with Crippen molar-refractivity contribution in [2.75, 3.05) is 6.61 Å². The first-order valence-electron chi connectivity index (χ1n) is 2.53. The molecule has 0 amide bonds. The van der Waals surface area contributed by atoms with Crippen LogP contribution in [0.4, 0.5) is 0 Å². The Morgan fingerprint density at radius 3 is 2.50 bits per heavy atom. The van der Waals surface area contributed by atoms with Gasteiger partial charge in [0.15, 0.2) is 6.10 Å². The standard InChI is InChI=1S/C5H10O3/c1-3-8-4(2)5(6)7/h4H,3H2,1-2H3,(H,6,7)/t4-/m0/s1. The molecule has 0 heterocycles. The van der Waals surface area contributed by atoms with Crippen LogP contribution >= 0.6 is 0 Å². The smallest absolute Gasteiger partial charge is 0.332 e. The van der Waals surface area contributed by atoms with Crippen molar-refractivity contribution < 1.29 is 14.6 Å². The summed E-state index contributed by atoms with van der Waals surface area (Å²) >= 11 is 0. The molecule has 0 saturated heterocycles. The third-order valence-electron chi connectivity index (χ3n) is 0.764. The Morgan fingerprint density at radius 1 is 1.88 bits per heavy atom. The number of aliphatic carboxylic acids is 1. The number of rotatable bonds is 3. The molecule has 3 heteroatoms. The summed E-state index contributed by atoms with van der Waals surface area (Å²) in [6, 6.07) is 0. The fraction of sp³-hybridized carbons (Fsp3) is 0.800. The molecule has 1 N–H and O–H groups in total. The maximum atomic E-state index is 9.96. The topological polar surface area (TPSA) is 46.5 Å². The number of carboxylic acid groups (broad SMARTS) is 1. The molecule has 1 atom stereocenters.